The Hall–Kier alpha value is -4.66. The van der Waals surface area contributed by atoms with Crippen molar-refractivity contribution in [3.63, 3.8) is 0 Å². The summed E-state index contributed by atoms with van der Waals surface area (Å²) >= 11 is 0. The Morgan fingerprint density at radius 1 is 0.441 bits per heavy atom. The van der Waals surface area contributed by atoms with Gasteiger partial charge in [0.2, 0.25) is 11.8 Å². The molecule has 0 saturated carbocycles. The molecule has 9 nitrogen and oxygen atoms in total. The molecule has 0 aromatic carbocycles. The van der Waals surface area contributed by atoms with E-state index in [1.807, 2.05) is 25.1 Å². The minimum Gasteiger partial charge on any atom is -0.378 e. The van der Waals surface area contributed by atoms with Gasteiger partial charge in [0.1, 0.15) is 0 Å². The lowest BCUT2D eigenvalue weighted by atomic mass is 9.92. The fourth-order valence-electron chi connectivity index (χ4n) is 7.70. The molecule has 0 aliphatic carbocycles. The van der Waals surface area contributed by atoms with Crippen LogP contribution in [0.25, 0.3) is 0 Å². The lowest BCUT2D eigenvalue weighted by Crippen LogP contribution is -2.33. The SMILES string of the molecule is C.C.C.C.C.C=C1C(C)C=CN1C.C=C1C(C)CC(=O)N1C.C=C1C(C)CCC(=O)N1C.C=C1C(C)CCCN1C.C=C1C(C)CCN1C.C=C1CCN(C)C(=C)C1C.C=C1CN(C)C(=C)C1C. The lowest BCUT2D eigenvalue weighted by Gasteiger charge is -2.33. The van der Waals surface area contributed by atoms with Crippen LogP contribution in [0.1, 0.15) is 131 Å². The Morgan fingerprint density at radius 2 is 0.868 bits per heavy atom. The largest absolute Gasteiger partial charge is 0.378 e. The average Bonchev–Trinajstić information content (AvgIpc) is 3.87. The summed E-state index contributed by atoms with van der Waals surface area (Å²) in [6.45, 7) is 54.8. The van der Waals surface area contributed by atoms with Gasteiger partial charge in [0.05, 0.1) is 0 Å². The zero-order chi connectivity index (χ0) is 48.6. The van der Waals surface area contributed by atoms with Crippen LogP contribution < -0.4 is 0 Å². The van der Waals surface area contributed by atoms with Crippen LogP contribution in [0.15, 0.2) is 123 Å². The molecule has 0 bridgehead atoms. The molecule has 6 saturated heterocycles. The molecule has 7 aliphatic rings. The summed E-state index contributed by atoms with van der Waals surface area (Å²) in [5.41, 5.74) is 10.7. The monoisotopic (exact) mass is 950 g/mol. The average molecular weight is 951 g/mol. The quantitative estimate of drug-likeness (QED) is 0.224. The van der Waals surface area contributed by atoms with Crippen LogP contribution in [0.5, 0.6) is 0 Å². The Labute approximate surface area is 424 Å². The Bertz CT molecular complexity index is 1600. The van der Waals surface area contributed by atoms with Crippen LogP contribution in [0.4, 0.5) is 0 Å². The van der Waals surface area contributed by atoms with Gasteiger partial charge in [-0.3, -0.25) is 9.59 Å². The van der Waals surface area contributed by atoms with Gasteiger partial charge >= 0.3 is 0 Å². The van der Waals surface area contributed by atoms with Gasteiger partial charge in [0.25, 0.3) is 0 Å². The van der Waals surface area contributed by atoms with Crippen molar-refractivity contribution in [2.24, 2.45) is 41.4 Å². The summed E-state index contributed by atoms with van der Waals surface area (Å²) in [5, 5.41) is 0. The maximum atomic E-state index is 11.0. The molecule has 7 aliphatic heterocycles. The van der Waals surface area contributed by atoms with Crippen LogP contribution in [-0.2, 0) is 9.59 Å². The van der Waals surface area contributed by atoms with Crippen LogP contribution in [-0.4, -0.2) is 122 Å². The van der Waals surface area contributed by atoms with E-state index in [1.54, 1.807) is 23.9 Å². The van der Waals surface area contributed by atoms with E-state index in [0.29, 0.717) is 48.3 Å². The molecule has 7 atom stereocenters. The number of nitrogens with zero attached hydrogens (tertiary/aromatic N) is 7. The number of hydrogen-bond acceptors (Lipinski definition) is 7. The van der Waals surface area contributed by atoms with E-state index in [4.69, 9.17) is 0 Å². The predicted molar refractivity (Wildman–Crippen MR) is 305 cm³/mol. The van der Waals surface area contributed by atoms with E-state index in [0.717, 1.165) is 43.2 Å². The second-order valence-electron chi connectivity index (χ2n) is 19.0. The van der Waals surface area contributed by atoms with Crippen LogP contribution >= 0.6 is 0 Å². The zero-order valence-electron chi connectivity index (χ0n) is 42.8. The van der Waals surface area contributed by atoms with Gasteiger partial charge < -0.3 is 34.3 Å². The topological polar surface area (TPSA) is 56.8 Å². The van der Waals surface area contributed by atoms with Crippen molar-refractivity contribution in [2.75, 3.05) is 75.5 Å². The van der Waals surface area contributed by atoms with Crippen molar-refractivity contribution < 1.29 is 9.59 Å². The molecule has 2 amide bonds. The van der Waals surface area contributed by atoms with Crippen LogP contribution in [0.2, 0.25) is 0 Å². The number of piperidine rings is 3. The van der Waals surface area contributed by atoms with Crippen molar-refractivity contribution >= 4 is 11.8 Å². The second-order valence-corrected chi connectivity index (χ2v) is 19.0. The molecular weight excluding hydrogens is 839 g/mol. The van der Waals surface area contributed by atoms with Gasteiger partial charge in [0.15, 0.2) is 0 Å². The highest BCUT2D eigenvalue weighted by atomic mass is 16.2. The predicted octanol–water partition coefficient (Wildman–Crippen LogP) is 14.2. The van der Waals surface area contributed by atoms with Crippen molar-refractivity contribution in [1.82, 2.24) is 34.3 Å². The van der Waals surface area contributed by atoms with E-state index in [-0.39, 0.29) is 48.9 Å². The first-order valence-electron chi connectivity index (χ1n) is 23.1. The Kier molecular flexibility index (Phi) is 35.9. The number of likely N-dealkylation sites (tertiary alicyclic amines) is 6. The lowest BCUT2D eigenvalue weighted by molar-refractivity contribution is -0.130. The molecule has 0 aromatic rings. The number of allylic oxidation sites excluding steroid dienone is 7. The molecule has 0 radical (unpaired) electrons. The molecule has 9 heteroatoms. The summed E-state index contributed by atoms with van der Waals surface area (Å²) < 4.78 is 0. The molecule has 6 fully saturated rings. The number of amides is 2. The molecule has 7 heterocycles. The first-order valence-corrected chi connectivity index (χ1v) is 23.1. The van der Waals surface area contributed by atoms with Crippen molar-refractivity contribution in [3.8, 4) is 0 Å². The van der Waals surface area contributed by atoms with Crippen molar-refractivity contribution in [3.05, 3.63) is 123 Å². The van der Waals surface area contributed by atoms with Crippen LogP contribution in [0.3, 0.4) is 0 Å². The summed E-state index contributed by atoms with van der Waals surface area (Å²) in [6.07, 6.45) is 11.5. The van der Waals surface area contributed by atoms with Gasteiger partial charge in [-0.1, -0.05) is 156 Å². The number of carbonyl (C=O) groups excluding carboxylic acids is 2. The van der Waals surface area contributed by atoms with Gasteiger partial charge in [-0.05, 0) is 55.4 Å². The zero-order valence-corrected chi connectivity index (χ0v) is 42.8. The first kappa shape index (κ1) is 72.3. The number of hydrogen-bond donors (Lipinski definition) is 0. The molecular formula is C59H111N7O2. The Morgan fingerprint density at radius 3 is 1.13 bits per heavy atom. The van der Waals surface area contributed by atoms with Gasteiger partial charge in [-0.2, -0.15) is 0 Å². The van der Waals surface area contributed by atoms with E-state index < -0.39 is 0 Å². The second kappa shape index (κ2) is 33.8. The highest BCUT2D eigenvalue weighted by Crippen LogP contribution is 2.29. The summed E-state index contributed by atoms with van der Waals surface area (Å²) in [7, 11) is 13.9. The van der Waals surface area contributed by atoms with Crippen molar-refractivity contribution in [2.45, 2.75) is 131 Å². The third kappa shape index (κ3) is 21.7. The van der Waals surface area contributed by atoms with Gasteiger partial charge in [-0.25, -0.2) is 0 Å². The molecule has 0 spiro atoms. The molecule has 394 valence electrons. The maximum Gasteiger partial charge on any atom is 0.227 e. The minimum absolute atomic E-state index is 0. The fraction of sp³-hybridized carbons (Fsp3) is 0.627. The van der Waals surface area contributed by atoms with Gasteiger partial charge in [-0.15, -0.1) is 0 Å². The molecule has 68 heavy (non-hydrogen) atoms. The smallest absolute Gasteiger partial charge is 0.227 e. The molecule has 0 N–H and O–H groups in total. The summed E-state index contributed by atoms with van der Waals surface area (Å²) in [6, 6.07) is 0. The van der Waals surface area contributed by atoms with E-state index in [2.05, 4.69) is 155 Å². The Balaban J connectivity index is -0.000000225. The van der Waals surface area contributed by atoms with E-state index in [9.17, 15) is 9.59 Å². The third-order valence-electron chi connectivity index (χ3n) is 14.2. The minimum atomic E-state index is 0. The standard InChI is InChI=1S/C9H15N.C8H13NO.C8H13N.C8H15N.C7H11NO.C7H13N.C7H11N.5CH4/c1-7-5-6-10(4)9(3)8(7)2;1-6-4-5-8(10)9(3)7(6)2;1-6-5-9(4)8(3)7(6)2;1-7-5-4-6-9(3)8(7)2;1-5-4-7(9)8(3)6(5)2;2*1-6-4-5-8(3)7(6)2;;;;;/h8H,1,3,5-6H2,2,4H3;6H,2,4-5H2,1,3H3;7H,1,3,5H2,2,4H3;7H,2,4-6H2,1,3H3;5H,2,4H2,1,3H3;6H,2,4-5H2,1,3H3;4-6H,2H2,1,3H3;5*1H4. The third-order valence-corrected chi connectivity index (χ3v) is 14.2. The summed E-state index contributed by atoms with van der Waals surface area (Å²) in [5.74, 6) is 4.17. The molecule has 7 rings (SSSR count). The van der Waals surface area contributed by atoms with Crippen LogP contribution in [0, 0.1) is 41.4 Å². The molecule has 0 aromatic heterocycles. The number of likely N-dealkylation sites (N-methyl/N-ethyl adjacent to an activating group) is 1. The molecule has 7 unspecified atom stereocenters. The van der Waals surface area contributed by atoms with Gasteiger partial charge in [0, 0.05) is 158 Å². The highest BCUT2D eigenvalue weighted by Gasteiger charge is 2.27. The first-order chi connectivity index (χ1) is 29.1. The fourth-order valence-corrected chi connectivity index (χ4v) is 7.70. The van der Waals surface area contributed by atoms with E-state index in [1.165, 1.54) is 72.0 Å². The normalized spacial score (nSPS) is 25.9. The summed E-state index contributed by atoms with van der Waals surface area (Å²) in [4.78, 5) is 36.1. The number of carbonyl (C=O) groups is 2. The van der Waals surface area contributed by atoms with E-state index >= 15 is 0 Å². The van der Waals surface area contributed by atoms with Crippen molar-refractivity contribution in [1.29, 1.82) is 0 Å². The maximum absolute atomic E-state index is 11.0. The number of rotatable bonds is 0. The highest BCUT2D eigenvalue weighted by molar-refractivity contribution is 5.81.